The molecule has 0 aromatic heterocycles. The SMILES string of the molecule is COc1cc(OC)c(N2CC(CS(=O)(=O)Cl)CC2=O)cc1F. The molecule has 1 aliphatic heterocycles. The number of hydrogen-bond donors (Lipinski definition) is 0. The van der Waals surface area contributed by atoms with Crippen molar-refractivity contribution in [2.45, 2.75) is 6.42 Å². The van der Waals surface area contributed by atoms with Crippen molar-refractivity contribution in [3.05, 3.63) is 17.9 Å². The second kappa shape index (κ2) is 6.29. The lowest BCUT2D eigenvalue weighted by Gasteiger charge is -2.20. The van der Waals surface area contributed by atoms with E-state index < -0.39 is 20.8 Å². The first kappa shape index (κ1) is 16.8. The van der Waals surface area contributed by atoms with Gasteiger partial charge in [-0.15, -0.1) is 0 Å². The average molecular weight is 352 g/mol. The van der Waals surface area contributed by atoms with Crippen LogP contribution in [0.5, 0.6) is 11.5 Å². The minimum Gasteiger partial charge on any atom is -0.494 e. The van der Waals surface area contributed by atoms with Gasteiger partial charge in [0.25, 0.3) is 0 Å². The van der Waals surface area contributed by atoms with Crippen LogP contribution in [0.1, 0.15) is 6.42 Å². The van der Waals surface area contributed by atoms with Crippen LogP contribution < -0.4 is 14.4 Å². The Kier molecular flexibility index (Phi) is 4.81. The molecule has 1 atom stereocenters. The van der Waals surface area contributed by atoms with Gasteiger partial charge in [0.1, 0.15) is 5.75 Å². The number of carbonyl (C=O) groups excluding carboxylic acids is 1. The summed E-state index contributed by atoms with van der Waals surface area (Å²) in [7, 11) is 4.22. The van der Waals surface area contributed by atoms with Crippen LogP contribution in [0, 0.1) is 11.7 Å². The van der Waals surface area contributed by atoms with Crippen molar-refractivity contribution >= 4 is 31.3 Å². The molecule has 2 rings (SSSR count). The van der Waals surface area contributed by atoms with E-state index in [1.807, 2.05) is 0 Å². The Morgan fingerprint density at radius 1 is 1.32 bits per heavy atom. The van der Waals surface area contributed by atoms with E-state index in [0.717, 1.165) is 6.07 Å². The van der Waals surface area contributed by atoms with Gasteiger partial charge in [-0.2, -0.15) is 0 Å². The quantitative estimate of drug-likeness (QED) is 0.756. The van der Waals surface area contributed by atoms with Crippen molar-refractivity contribution in [3.8, 4) is 11.5 Å². The number of amides is 1. The van der Waals surface area contributed by atoms with Gasteiger partial charge in [-0.25, -0.2) is 12.8 Å². The van der Waals surface area contributed by atoms with Gasteiger partial charge >= 0.3 is 0 Å². The van der Waals surface area contributed by atoms with E-state index in [9.17, 15) is 17.6 Å². The minimum atomic E-state index is -3.70. The molecule has 1 saturated heterocycles. The molecule has 6 nitrogen and oxygen atoms in total. The number of nitrogens with zero attached hydrogens (tertiary/aromatic N) is 1. The molecule has 1 unspecified atom stereocenters. The van der Waals surface area contributed by atoms with Crippen LogP contribution in [0.2, 0.25) is 0 Å². The zero-order chi connectivity index (χ0) is 16.5. The summed E-state index contributed by atoms with van der Waals surface area (Å²) in [5, 5.41) is 0. The van der Waals surface area contributed by atoms with Crippen molar-refractivity contribution in [1.82, 2.24) is 0 Å². The van der Waals surface area contributed by atoms with Crippen molar-refractivity contribution in [1.29, 1.82) is 0 Å². The summed E-state index contributed by atoms with van der Waals surface area (Å²) in [6.45, 7) is 0.132. The molecule has 0 radical (unpaired) electrons. The zero-order valence-corrected chi connectivity index (χ0v) is 13.6. The number of methoxy groups -OCH3 is 2. The van der Waals surface area contributed by atoms with Crippen LogP contribution in [0.3, 0.4) is 0 Å². The molecule has 1 aliphatic rings. The van der Waals surface area contributed by atoms with E-state index in [1.54, 1.807) is 0 Å². The Hall–Kier alpha value is -1.54. The fourth-order valence-corrected chi connectivity index (χ4v) is 3.78. The summed E-state index contributed by atoms with van der Waals surface area (Å²) in [5.41, 5.74) is 0.236. The van der Waals surface area contributed by atoms with E-state index in [-0.39, 0.29) is 41.8 Å². The molecule has 0 bridgehead atoms. The molecule has 22 heavy (non-hydrogen) atoms. The molecule has 1 aromatic rings. The fourth-order valence-electron chi connectivity index (χ4n) is 2.46. The summed E-state index contributed by atoms with van der Waals surface area (Å²) in [6, 6.07) is 2.47. The lowest BCUT2D eigenvalue weighted by atomic mass is 10.1. The van der Waals surface area contributed by atoms with Crippen molar-refractivity contribution in [2.24, 2.45) is 5.92 Å². The lowest BCUT2D eigenvalue weighted by Crippen LogP contribution is -2.26. The molecule has 0 saturated carbocycles. The second-order valence-electron chi connectivity index (χ2n) is 4.94. The highest BCUT2D eigenvalue weighted by atomic mass is 35.7. The standard InChI is InChI=1S/C13H15ClFNO5S/c1-20-11-5-12(21-2)10(4-9(11)15)16-6-8(3-13(16)17)7-22(14,18)19/h4-5,8H,3,6-7H2,1-2H3. The molecular formula is C13H15ClFNO5S. The van der Waals surface area contributed by atoms with E-state index in [1.165, 1.54) is 25.2 Å². The molecule has 1 fully saturated rings. The maximum absolute atomic E-state index is 13.9. The predicted octanol–water partition coefficient (Wildman–Crippen LogP) is 1.76. The highest BCUT2D eigenvalue weighted by Gasteiger charge is 2.35. The van der Waals surface area contributed by atoms with Gasteiger partial charge in [0.2, 0.25) is 15.0 Å². The Morgan fingerprint density at radius 2 is 1.95 bits per heavy atom. The molecular weight excluding hydrogens is 337 g/mol. The highest BCUT2D eigenvalue weighted by molar-refractivity contribution is 8.13. The van der Waals surface area contributed by atoms with Gasteiger partial charge in [0, 0.05) is 41.7 Å². The third-order valence-electron chi connectivity index (χ3n) is 3.38. The van der Waals surface area contributed by atoms with E-state index in [4.69, 9.17) is 20.2 Å². The monoisotopic (exact) mass is 351 g/mol. The number of ether oxygens (including phenoxy) is 2. The van der Waals surface area contributed by atoms with Gasteiger partial charge in [-0.3, -0.25) is 4.79 Å². The molecule has 122 valence electrons. The zero-order valence-electron chi connectivity index (χ0n) is 12.0. The first-order valence-corrected chi connectivity index (χ1v) is 8.87. The Morgan fingerprint density at radius 3 is 2.50 bits per heavy atom. The van der Waals surface area contributed by atoms with Gasteiger partial charge < -0.3 is 14.4 Å². The number of anilines is 1. The van der Waals surface area contributed by atoms with Crippen LogP contribution >= 0.6 is 10.7 Å². The summed E-state index contributed by atoms with van der Waals surface area (Å²) >= 11 is 0. The van der Waals surface area contributed by atoms with Crippen molar-refractivity contribution in [2.75, 3.05) is 31.4 Å². The molecule has 0 N–H and O–H groups in total. The third kappa shape index (κ3) is 3.61. The first-order valence-electron chi connectivity index (χ1n) is 6.39. The number of benzene rings is 1. The van der Waals surface area contributed by atoms with Crippen molar-refractivity contribution in [3.63, 3.8) is 0 Å². The van der Waals surface area contributed by atoms with Gasteiger partial charge in [0.05, 0.1) is 25.7 Å². The Labute approximate surface area is 132 Å². The van der Waals surface area contributed by atoms with Gasteiger partial charge in [0.15, 0.2) is 11.6 Å². The lowest BCUT2D eigenvalue weighted by molar-refractivity contribution is -0.117. The highest BCUT2D eigenvalue weighted by Crippen LogP contribution is 2.37. The van der Waals surface area contributed by atoms with Crippen LogP contribution in [0.15, 0.2) is 12.1 Å². The van der Waals surface area contributed by atoms with E-state index in [0.29, 0.717) is 0 Å². The second-order valence-corrected chi connectivity index (χ2v) is 7.76. The summed E-state index contributed by atoms with van der Waals surface area (Å²) < 4.78 is 46.2. The van der Waals surface area contributed by atoms with E-state index >= 15 is 0 Å². The van der Waals surface area contributed by atoms with Crippen LogP contribution in [-0.2, 0) is 13.8 Å². The minimum absolute atomic E-state index is 0.00729. The van der Waals surface area contributed by atoms with E-state index in [2.05, 4.69) is 0 Å². The largest absolute Gasteiger partial charge is 0.494 e. The predicted molar refractivity (Wildman–Crippen MR) is 79.6 cm³/mol. The topological polar surface area (TPSA) is 72.9 Å². The Balaban J connectivity index is 2.32. The first-order chi connectivity index (χ1) is 10.2. The number of rotatable bonds is 5. The number of hydrogen-bond acceptors (Lipinski definition) is 5. The number of carbonyl (C=O) groups is 1. The maximum atomic E-state index is 13.9. The molecule has 1 heterocycles. The van der Waals surface area contributed by atoms with Gasteiger partial charge in [-0.1, -0.05) is 0 Å². The van der Waals surface area contributed by atoms with Crippen molar-refractivity contribution < 1.29 is 27.1 Å². The van der Waals surface area contributed by atoms with Crippen LogP contribution in [0.4, 0.5) is 10.1 Å². The van der Waals surface area contributed by atoms with Crippen LogP contribution in [0.25, 0.3) is 0 Å². The maximum Gasteiger partial charge on any atom is 0.232 e. The summed E-state index contributed by atoms with van der Waals surface area (Å²) in [4.78, 5) is 13.4. The average Bonchev–Trinajstić information content (AvgIpc) is 2.76. The molecule has 1 aromatic carbocycles. The van der Waals surface area contributed by atoms with Gasteiger partial charge in [-0.05, 0) is 0 Å². The molecule has 0 aliphatic carbocycles. The molecule has 0 spiro atoms. The summed E-state index contributed by atoms with van der Waals surface area (Å²) in [6.07, 6.45) is 0.0305. The normalized spacial score (nSPS) is 18.6. The summed E-state index contributed by atoms with van der Waals surface area (Å²) in [5.74, 6) is -1.44. The smallest absolute Gasteiger partial charge is 0.232 e. The molecule has 1 amide bonds. The molecule has 9 heteroatoms. The fraction of sp³-hybridized carbons (Fsp3) is 0.462. The number of halogens is 2. The van der Waals surface area contributed by atoms with Crippen LogP contribution in [-0.4, -0.2) is 40.8 Å². The third-order valence-corrected chi connectivity index (χ3v) is 4.63. The Bertz CT molecular complexity index is 694.